The van der Waals surface area contributed by atoms with Gasteiger partial charge in [0.25, 0.3) is 0 Å². The molecule has 0 aromatic rings. The van der Waals surface area contributed by atoms with Crippen LogP contribution in [0.3, 0.4) is 0 Å². The Hall–Kier alpha value is -1.08. The summed E-state index contributed by atoms with van der Waals surface area (Å²) in [5, 5.41) is 19.4. The van der Waals surface area contributed by atoms with E-state index < -0.39 is 11.5 Å². The maximum absolute atomic E-state index is 12.8. The Bertz CT molecular complexity index is 501. The Morgan fingerprint density at radius 1 is 1.30 bits per heavy atom. The average molecular weight is 319 g/mol. The lowest BCUT2D eigenvalue weighted by Gasteiger charge is -2.51. The van der Waals surface area contributed by atoms with Gasteiger partial charge in [0, 0.05) is 5.92 Å². The lowest BCUT2D eigenvalue weighted by atomic mass is 9.55. The van der Waals surface area contributed by atoms with Crippen molar-refractivity contribution in [2.45, 2.75) is 59.0 Å². The maximum atomic E-state index is 12.8. The molecule has 2 bridgehead atoms. The number of nitrogens with zero attached hydrogens (tertiary/aromatic N) is 1. The van der Waals surface area contributed by atoms with Crippen LogP contribution in [0, 0.1) is 52.3 Å². The lowest BCUT2D eigenvalue weighted by molar-refractivity contribution is -0.194. The quantitative estimate of drug-likeness (QED) is 0.790. The van der Waals surface area contributed by atoms with Crippen LogP contribution in [0.4, 0.5) is 0 Å². The van der Waals surface area contributed by atoms with Crippen molar-refractivity contribution in [3.05, 3.63) is 0 Å². The zero-order valence-electron chi connectivity index (χ0n) is 14.5. The molecule has 0 saturated heterocycles. The van der Waals surface area contributed by atoms with Crippen molar-refractivity contribution in [3.8, 4) is 6.07 Å². The fourth-order valence-corrected chi connectivity index (χ4v) is 5.43. The lowest BCUT2D eigenvalue weighted by Crippen LogP contribution is -2.58. The van der Waals surface area contributed by atoms with Gasteiger partial charge in [-0.05, 0) is 61.7 Å². The van der Waals surface area contributed by atoms with E-state index in [1.807, 2.05) is 6.92 Å². The number of hydrogen-bond donors (Lipinski definition) is 1. The topological polar surface area (TPSA) is 70.3 Å². The Labute approximate surface area is 139 Å². The van der Waals surface area contributed by atoms with Crippen molar-refractivity contribution in [1.82, 2.24) is 0 Å². The number of aliphatic hydroxyl groups excluding tert-OH is 1. The van der Waals surface area contributed by atoms with Gasteiger partial charge in [-0.25, -0.2) is 0 Å². The number of rotatable bonds is 5. The van der Waals surface area contributed by atoms with Crippen LogP contribution in [0.25, 0.3) is 0 Å². The molecule has 3 aliphatic rings. The molecule has 7 unspecified atom stereocenters. The minimum atomic E-state index is -0.693. The second-order valence-corrected chi connectivity index (χ2v) is 8.61. The molecule has 3 saturated carbocycles. The Morgan fingerprint density at radius 2 is 2.04 bits per heavy atom. The van der Waals surface area contributed by atoms with E-state index in [1.165, 1.54) is 0 Å². The minimum absolute atomic E-state index is 0.190. The summed E-state index contributed by atoms with van der Waals surface area (Å²) in [4.78, 5) is 12.8. The van der Waals surface area contributed by atoms with Gasteiger partial charge in [-0.1, -0.05) is 20.8 Å². The van der Waals surface area contributed by atoms with E-state index in [2.05, 4.69) is 19.9 Å². The normalized spacial score (nSPS) is 44.9. The SMILES string of the molecule is CC(C)CC1(C(=O)OCC2CC3CC2CC3C#N)C(C)CC1O. The van der Waals surface area contributed by atoms with E-state index in [1.54, 1.807) is 0 Å². The smallest absolute Gasteiger partial charge is 0.315 e. The molecule has 1 N–H and O–H groups in total. The molecule has 3 rings (SSSR count). The van der Waals surface area contributed by atoms with Crippen LogP contribution >= 0.6 is 0 Å². The highest BCUT2D eigenvalue weighted by atomic mass is 16.5. The summed E-state index contributed by atoms with van der Waals surface area (Å²) in [7, 11) is 0. The third kappa shape index (κ3) is 2.67. The zero-order chi connectivity index (χ0) is 16.8. The highest BCUT2D eigenvalue weighted by Crippen LogP contribution is 2.53. The molecular weight excluding hydrogens is 290 g/mol. The molecule has 4 heteroatoms. The minimum Gasteiger partial charge on any atom is -0.465 e. The van der Waals surface area contributed by atoms with Crippen LogP contribution in [0.1, 0.15) is 52.9 Å². The van der Waals surface area contributed by atoms with Gasteiger partial charge in [-0.15, -0.1) is 0 Å². The van der Waals surface area contributed by atoms with Crippen molar-refractivity contribution in [1.29, 1.82) is 5.26 Å². The molecule has 0 aliphatic heterocycles. The summed E-state index contributed by atoms with van der Waals surface area (Å²) in [6.07, 6.45) is 3.94. The molecule has 3 fully saturated rings. The predicted octanol–water partition coefficient (Wildman–Crippen LogP) is 3.15. The molecule has 7 atom stereocenters. The largest absolute Gasteiger partial charge is 0.465 e. The number of aliphatic hydroxyl groups is 1. The molecule has 0 spiro atoms. The number of nitriles is 1. The van der Waals surface area contributed by atoms with Gasteiger partial charge in [-0.2, -0.15) is 5.26 Å². The molecule has 0 heterocycles. The van der Waals surface area contributed by atoms with Crippen LogP contribution in [0.5, 0.6) is 0 Å². The number of esters is 1. The van der Waals surface area contributed by atoms with Crippen molar-refractivity contribution in [3.63, 3.8) is 0 Å². The zero-order valence-corrected chi connectivity index (χ0v) is 14.5. The predicted molar refractivity (Wildman–Crippen MR) is 86.1 cm³/mol. The summed E-state index contributed by atoms with van der Waals surface area (Å²) >= 11 is 0. The van der Waals surface area contributed by atoms with E-state index in [-0.39, 0.29) is 17.8 Å². The van der Waals surface area contributed by atoms with Gasteiger partial charge < -0.3 is 9.84 Å². The molecule has 128 valence electrons. The van der Waals surface area contributed by atoms with Gasteiger partial charge in [0.1, 0.15) is 0 Å². The molecule has 0 radical (unpaired) electrons. The first-order chi connectivity index (χ1) is 10.9. The first-order valence-corrected chi connectivity index (χ1v) is 9.13. The Morgan fingerprint density at radius 3 is 2.52 bits per heavy atom. The number of carbonyl (C=O) groups excluding carboxylic acids is 1. The van der Waals surface area contributed by atoms with Crippen LogP contribution in [0.2, 0.25) is 0 Å². The number of ether oxygens (including phenoxy) is 1. The average Bonchev–Trinajstić information content (AvgIpc) is 3.09. The van der Waals surface area contributed by atoms with Crippen molar-refractivity contribution in [2.75, 3.05) is 6.61 Å². The third-order valence-electron chi connectivity index (χ3n) is 6.77. The first-order valence-electron chi connectivity index (χ1n) is 9.13. The molecule has 4 nitrogen and oxygen atoms in total. The highest BCUT2D eigenvalue weighted by molar-refractivity contribution is 5.79. The van der Waals surface area contributed by atoms with Gasteiger partial charge in [0.2, 0.25) is 0 Å². The first kappa shape index (κ1) is 16.8. The highest BCUT2D eigenvalue weighted by Gasteiger charge is 2.59. The summed E-state index contributed by atoms with van der Waals surface area (Å²) in [5.74, 6) is 2.03. The third-order valence-corrected chi connectivity index (χ3v) is 6.77. The van der Waals surface area contributed by atoms with Crippen LogP contribution in [-0.2, 0) is 9.53 Å². The maximum Gasteiger partial charge on any atom is 0.315 e. The van der Waals surface area contributed by atoms with E-state index in [4.69, 9.17) is 10.00 Å². The fourth-order valence-electron chi connectivity index (χ4n) is 5.43. The summed E-state index contributed by atoms with van der Waals surface area (Å²) < 4.78 is 5.71. The van der Waals surface area contributed by atoms with Crippen LogP contribution in [-0.4, -0.2) is 23.8 Å². The van der Waals surface area contributed by atoms with Crippen molar-refractivity contribution in [2.24, 2.45) is 40.9 Å². The monoisotopic (exact) mass is 319 g/mol. The van der Waals surface area contributed by atoms with Crippen LogP contribution < -0.4 is 0 Å². The van der Waals surface area contributed by atoms with E-state index in [0.717, 1.165) is 19.3 Å². The van der Waals surface area contributed by atoms with Crippen LogP contribution in [0.15, 0.2) is 0 Å². The molecule has 0 aromatic heterocycles. The molecule has 23 heavy (non-hydrogen) atoms. The van der Waals surface area contributed by atoms with E-state index in [9.17, 15) is 9.90 Å². The number of carbonyl (C=O) groups is 1. The second kappa shape index (κ2) is 6.09. The summed E-state index contributed by atoms with van der Waals surface area (Å²) in [6, 6.07) is 2.42. The molecular formula is C19H29NO3. The molecule has 3 aliphatic carbocycles. The van der Waals surface area contributed by atoms with Crippen molar-refractivity contribution >= 4 is 5.97 Å². The molecule has 0 aromatic carbocycles. The molecule has 0 amide bonds. The van der Waals surface area contributed by atoms with E-state index >= 15 is 0 Å². The van der Waals surface area contributed by atoms with Crippen molar-refractivity contribution < 1.29 is 14.6 Å². The van der Waals surface area contributed by atoms with E-state index in [0.29, 0.717) is 43.1 Å². The Kier molecular flexibility index (Phi) is 4.44. The van der Waals surface area contributed by atoms with Gasteiger partial charge in [-0.3, -0.25) is 4.79 Å². The summed E-state index contributed by atoms with van der Waals surface area (Å²) in [5.41, 5.74) is -0.693. The van der Waals surface area contributed by atoms with Gasteiger partial charge >= 0.3 is 5.97 Å². The fraction of sp³-hybridized carbons (Fsp3) is 0.895. The van der Waals surface area contributed by atoms with Gasteiger partial charge in [0.15, 0.2) is 0 Å². The Balaban J connectivity index is 1.58. The number of hydrogen-bond acceptors (Lipinski definition) is 4. The van der Waals surface area contributed by atoms with Gasteiger partial charge in [0.05, 0.1) is 24.2 Å². The second-order valence-electron chi connectivity index (χ2n) is 8.61. The summed E-state index contributed by atoms with van der Waals surface area (Å²) in [6.45, 7) is 6.69. The standard InChI is InChI=1S/C19H29NO3/c1-11(2)8-19(12(3)4-17(19)21)18(22)23-10-16-7-13-5-14(16)6-15(13)9-20/h11-17,21H,4-8,10H2,1-3H3. The number of fused-ring (bicyclic) bond motifs is 2.